The number of aromatic hydroxyl groups is 1. The van der Waals surface area contributed by atoms with Crippen molar-refractivity contribution in [1.82, 2.24) is 0 Å². The molecule has 2 saturated heterocycles. The summed E-state index contributed by atoms with van der Waals surface area (Å²) in [6.07, 6.45) is -0.160. The minimum Gasteiger partial charge on any atom is -0.508 e. The SMILES string of the molecule is OCC1CC(O)CC(c2ccc(-c3ccc(C4C(CCC(O)c5ccc(F)cc5)SC(O)N4c4ccccc4)c(O)c3)cc2)O1. The Morgan fingerprint density at radius 3 is 2.29 bits per heavy atom. The van der Waals surface area contributed by atoms with Crippen LogP contribution in [0.1, 0.15) is 60.6 Å². The molecule has 2 aliphatic rings. The van der Waals surface area contributed by atoms with Crippen LogP contribution in [0, 0.1) is 5.82 Å². The molecule has 0 aliphatic carbocycles. The lowest BCUT2D eigenvalue weighted by Gasteiger charge is -2.32. The number of aliphatic hydroxyl groups excluding tert-OH is 4. The van der Waals surface area contributed by atoms with E-state index in [1.165, 1.54) is 23.9 Å². The summed E-state index contributed by atoms with van der Waals surface area (Å²) in [5, 5.41) is 53.1. The van der Waals surface area contributed by atoms with Crippen molar-refractivity contribution >= 4 is 17.4 Å². The number of ether oxygens (including phenoxy) is 1. The van der Waals surface area contributed by atoms with Crippen LogP contribution in [-0.2, 0) is 4.74 Å². The molecule has 6 rings (SSSR count). The molecule has 0 aromatic heterocycles. The van der Waals surface area contributed by atoms with Gasteiger partial charge in [0.05, 0.1) is 37.1 Å². The average molecular weight is 632 g/mol. The number of rotatable bonds is 9. The van der Waals surface area contributed by atoms with Crippen LogP contribution in [0.25, 0.3) is 11.1 Å². The van der Waals surface area contributed by atoms with E-state index in [2.05, 4.69) is 0 Å². The molecule has 0 bridgehead atoms. The Labute approximate surface area is 266 Å². The van der Waals surface area contributed by atoms with E-state index in [0.717, 1.165) is 22.4 Å². The van der Waals surface area contributed by atoms with Gasteiger partial charge >= 0.3 is 0 Å². The van der Waals surface area contributed by atoms with E-state index in [0.29, 0.717) is 36.8 Å². The molecular weight excluding hydrogens is 593 g/mol. The summed E-state index contributed by atoms with van der Waals surface area (Å²) >= 11 is 1.39. The molecule has 7 atom stereocenters. The standard InChI is InChI=1S/C36H38FNO6S/c37-26-13-10-23(11-14-26)31(41)16-17-34-35(38(36(43)45-34)27-4-2-1-3-5-27)30-15-12-25(18-32(30)42)22-6-8-24(9-7-22)33-20-28(40)19-29(21-39)44-33/h1-15,18,28-29,31,33-36,39-43H,16-17,19-21H2. The number of anilines is 1. The largest absolute Gasteiger partial charge is 0.508 e. The van der Waals surface area contributed by atoms with Crippen molar-refractivity contribution in [3.63, 3.8) is 0 Å². The molecular formula is C36H38FNO6S. The van der Waals surface area contributed by atoms with E-state index in [-0.39, 0.29) is 41.7 Å². The molecule has 9 heteroatoms. The molecule has 2 heterocycles. The van der Waals surface area contributed by atoms with Crippen molar-refractivity contribution in [3.05, 3.63) is 120 Å². The summed E-state index contributed by atoms with van der Waals surface area (Å²) in [7, 11) is 0. The zero-order valence-corrected chi connectivity index (χ0v) is 25.5. The number of halogens is 1. The first-order chi connectivity index (χ1) is 21.8. The number of aliphatic hydroxyl groups is 4. The van der Waals surface area contributed by atoms with Gasteiger partial charge in [0.1, 0.15) is 11.6 Å². The normalized spacial score (nSPS) is 25.8. The minimum absolute atomic E-state index is 0.103. The van der Waals surface area contributed by atoms with Gasteiger partial charge in [0.2, 0.25) is 0 Å². The lowest BCUT2D eigenvalue weighted by molar-refractivity contribution is -0.113. The second-order valence-electron chi connectivity index (χ2n) is 11.8. The van der Waals surface area contributed by atoms with E-state index < -0.39 is 17.8 Å². The van der Waals surface area contributed by atoms with Gasteiger partial charge in [-0.1, -0.05) is 66.7 Å². The molecule has 0 saturated carbocycles. The maximum atomic E-state index is 13.4. The van der Waals surface area contributed by atoms with Crippen LogP contribution in [0.15, 0.2) is 97.1 Å². The molecule has 0 amide bonds. The van der Waals surface area contributed by atoms with Gasteiger partial charge in [0.15, 0.2) is 5.56 Å². The van der Waals surface area contributed by atoms with E-state index in [1.54, 1.807) is 18.2 Å². The fraction of sp³-hybridized carbons (Fsp3) is 0.333. The van der Waals surface area contributed by atoms with Gasteiger partial charge in [0.25, 0.3) is 0 Å². The summed E-state index contributed by atoms with van der Waals surface area (Å²) in [4.78, 5) is 1.90. The van der Waals surface area contributed by atoms with Crippen molar-refractivity contribution in [1.29, 1.82) is 0 Å². The molecule has 7 nitrogen and oxygen atoms in total. The lowest BCUT2D eigenvalue weighted by Crippen LogP contribution is -2.33. The Hall–Kier alpha value is -3.44. The maximum absolute atomic E-state index is 13.4. The molecule has 2 fully saturated rings. The fourth-order valence-corrected chi connectivity index (χ4v) is 7.83. The smallest absolute Gasteiger partial charge is 0.176 e. The number of nitrogens with zero attached hydrogens (tertiary/aromatic N) is 1. The first-order valence-electron chi connectivity index (χ1n) is 15.3. The van der Waals surface area contributed by atoms with Crippen LogP contribution in [0.4, 0.5) is 10.1 Å². The van der Waals surface area contributed by atoms with Gasteiger partial charge in [-0.25, -0.2) is 4.39 Å². The van der Waals surface area contributed by atoms with E-state index in [1.807, 2.05) is 71.6 Å². The second kappa shape index (κ2) is 13.9. The van der Waals surface area contributed by atoms with Gasteiger partial charge in [-0.2, -0.15) is 0 Å². The fourth-order valence-electron chi connectivity index (χ4n) is 6.44. The molecule has 7 unspecified atom stereocenters. The zero-order valence-electron chi connectivity index (χ0n) is 24.7. The molecule has 4 aromatic rings. The number of para-hydroxylation sites is 1. The van der Waals surface area contributed by atoms with Gasteiger partial charge < -0.3 is 35.2 Å². The highest BCUT2D eigenvalue weighted by Gasteiger charge is 2.43. The molecule has 5 N–H and O–H groups in total. The van der Waals surface area contributed by atoms with Gasteiger partial charge in [-0.05, 0) is 65.4 Å². The van der Waals surface area contributed by atoms with Gasteiger partial charge in [-0.15, -0.1) is 11.8 Å². The summed E-state index contributed by atoms with van der Waals surface area (Å²) in [5.74, 6) is -0.256. The van der Waals surface area contributed by atoms with Crippen molar-refractivity contribution in [2.75, 3.05) is 11.5 Å². The van der Waals surface area contributed by atoms with Crippen molar-refractivity contribution in [3.8, 4) is 16.9 Å². The van der Waals surface area contributed by atoms with Crippen molar-refractivity contribution in [2.24, 2.45) is 0 Å². The van der Waals surface area contributed by atoms with E-state index in [9.17, 15) is 29.9 Å². The highest BCUT2D eigenvalue weighted by molar-refractivity contribution is 8.00. The summed E-state index contributed by atoms with van der Waals surface area (Å²) in [6.45, 7) is -0.134. The molecule has 236 valence electrons. The Morgan fingerprint density at radius 1 is 0.889 bits per heavy atom. The zero-order chi connectivity index (χ0) is 31.5. The number of phenols is 1. The van der Waals surface area contributed by atoms with Crippen LogP contribution in [0.5, 0.6) is 5.75 Å². The first-order valence-corrected chi connectivity index (χ1v) is 16.2. The molecule has 2 aliphatic heterocycles. The maximum Gasteiger partial charge on any atom is 0.176 e. The lowest BCUT2D eigenvalue weighted by atomic mass is 9.92. The highest BCUT2D eigenvalue weighted by atomic mass is 32.2. The number of benzene rings is 4. The Bertz CT molecular complexity index is 1560. The molecule has 45 heavy (non-hydrogen) atoms. The van der Waals surface area contributed by atoms with Gasteiger partial charge in [-0.3, -0.25) is 0 Å². The Kier molecular flexibility index (Phi) is 9.75. The van der Waals surface area contributed by atoms with Gasteiger partial charge in [0, 0.05) is 29.3 Å². The average Bonchev–Trinajstić information content (AvgIpc) is 3.39. The summed E-state index contributed by atoms with van der Waals surface area (Å²) in [6, 6.07) is 28.4. The van der Waals surface area contributed by atoms with E-state index >= 15 is 0 Å². The van der Waals surface area contributed by atoms with Crippen LogP contribution in [0.3, 0.4) is 0 Å². The summed E-state index contributed by atoms with van der Waals surface area (Å²) < 4.78 is 19.4. The van der Waals surface area contributed by atoms with Crippen LogP contribution >= 0.6 is 11.8 Å². The third kappa shape index (κ3) is 7.04. The number of thioether (sulfide) groups is 1. The molecule has 0 radical (unpaired) electrons. The number of hydrogen-bond donors (Lipinski definition) is 5. The highest BCUT2D eigenvalue weighted by Crippen LogP contribution is 2.50. The second-order valence-corrected chi connectivity index (χ2v) is 13.1. The first kappa shape index (κ1) is 31.5. The Balaban J connectivity index is 1.24. The predicted molar refractivity (Wildman–Crippen MR) is 173 cm³/mol. The Morgan fingerprint density at radius 2 is 1.60 bits per heavy atom. The third-order valence-corrected chi connectivity index (χ3v) is 10.1. The van der Waals surface area contributed by atoms with Crippen molar-refractivity contribution in [2.45, 2.75) is 67.0 Å². The van der Waals surface area contributed by atoms with Crippen molar-refractivity contribution < 1.29 is 34.7 Å². The van der Waals surface area contributed by atoms with Crippen LogP contribution in [0.2, 0.25) is 0 Å². The van der Waals surface area contributed by atoms with Crippen LogP contribution < -0.4 is 4.90 Å². The number of phenolic OH excluding ortho intramolecular Hbond substituents is 1. The summed E-state index contributed by atoms with van der Waals surface area (Å²) in [5.41, 5.74) is 3.90. The minimum atomic E-state index is -0.858. The van der Waals surface area contributed by atoms with E-state index in [4.69, 9.17) is 4.74 Å². The third-order valence-electron chi connectivity index (χ3n) is 8.77. The quantitative estimate of drug-likeness (QED) is 0.148. The van der Waals surface area contributed by atoms with Crippen LogP contribution in [-0.4, -0.2) is 55.2 Å². The topological polar surface area (TPSA) is 114 Å². The molecule has 4 aromatic carbocycles. The monoisotopic (exact) mass is 631 g/mol. The number of hydrogen-bond acceptors (Lipinski definition) is 8. The molecule has 0 spiro atoms. The predicted octanol–water partition coefficient (Wildman–Crippen LogP) is 6.22.